The molecule has 4 unspecified atom stereocenters. The summed E-state index contributed by atoms with van der Waals surface area (Å²) in [7, 11) is 0. The molecule has 0 aromatic carbocycles. The number of nitrogens with two attached hydrogens (primary N) is 2. The largest absolute Gasteiger partial charge is 0.480 e. The van der Waals surface area contributed by atoms with Gasteiger partial charge in [0.05, 0.1) is 17.8 Å². The lowest BCUT2D eigenvalue weighted by Gasteiger charge is -2.43. The topological polar surface area (TPSA) is 146 Å². The fourth-order valence-electron chi connectivity index (χ4n) is 5.16. The minimum Gasteiger partial charge on any atom is -0.480 e. The lowest BCUT2D eigenvalue weighted by atomic mass is 9.73. The van der Waals surface area contributed by atoms with Gasteiger partial charge in [-0.05, 0) is 64.3 Å². The van der Waals surface area contributed by atoms with Crippen LogP contribution >= 0.6 is 0 Å². The van der Waals surface area contributed by atoms with Gasteiger partial charge in [0, 0.05) is 0 Å². The summed E-state index contributed by atoms with van der Waals surface area (Å²) in [5.41, 5.74) is 10.9. The van der Waals surface area contributed by atoms with Crippen LogP contribution in [0.1, 0.15) is 78.1 Å². The van der Waals surface area contributed by atoms with Crippen LogP contribution in [0.2, 0.25) is 0 Å². The number of hydrogen-bond acceptors (Lipinski definition) is 5. The molecule has 8 nitrogen and oxygen atoms in total. The second-order valence-corrected chi connectivity index (χ2v) is 9.27. The van der Waals surface area contributed by atoms with Crippen molar-refractivity contribution in [1.82, 2.24) is 10.6 Å². The number of carboxylic acid groups (broad SMARTS) is 1. The van der Waals surface area contributed by atoms with Crippen LogP contribution in [0.3, 0.4) is 0 Å². The van der Waals surface area contributed by atoms with Crippen LogP contribution in [-0.2, 0) is 4.79 Å². The van der Waals surface area contributed by atoms with E-state index < -0.39 is 18.1 Å². The van der Waals surface area contributed by atoms with Crippen molar-refractivity contribution in [3.63, 3.8) is 0 Å². The molecule has 1 aliphatic heterocycles. The number of piperidine rings is 1. The normalized spacial score (nSPS) is 27.6. The fraction of sp³-hybridized carbons (Fsp3) is 0.905. The molecule has 29 heavy (non-hydrogen) atoms. The molecule has 0 amide bonds. The maximum atomic E-state index is 12.4. The number of hydrogen-bond donors (Lipinski definition) is 6. The average Bonchev–Trinajstić information content (AvgIpc) is 2.64. The molecule has 0 spiro atoms. The third kappa shape index (κ3) is 7.75. The highest BCUT2D eigenvalue weighted by Gasteiger charge is 2.40. The zero-order valence-corrected chi connectivity index (χ0v) is 18.1. The van der Waals surface area contributed by atoms with Crippen LogP contribution < -0.4 is 22.1 Å². The zero-order valence-electron chi connectivity index (χ0n) is 18.1. The molecule has 8 N–H and O–H groups in total. The predicted octanol–water partition coefficient (Wildman–Crippen LogP) is 1.52. The first kappa shape index (κ1) is 23.9. The Hall–Kier alpha value is -1.38. The van der Waals surface area contributed by atoms with Crippen LogP contribution in [0.5, 0.6) is 0 Å². The Labute approximate surface area is 174 Å². The van der Waals surface area contributed by atoms with Crippen molar-refractivity contribution in [2.24, 2.45) is 28.3 Å². The van der Waals surface area contributed by atoms with Crippen molar-refractivity contribution >= 4 is 11.9 Å². The molecule has 1 heterocycles. The number of rotatable bonds is 10. The Balaban J connectivity index is 2.27. The van der Waals surface area contributed by atoms with E-state index in [4.69, 9.17) is 11.5 Å². The Bertz CT molecular complexity index is 538. The van der Waals surface area contributed by atoms with E-state index in [0.29, 0.717) is 18.8 Å². The van der Waals surface area contributed by atoms with Crippen molar-refractivity contribution in [2.45, 2.75) is 102 Å². The molecule has 0 radical (unpaired) electrons. The van der Waals surface area contributed by atoms with E-state index in [1.807, 2.05) is 0 Å². The van der Waals surface area contributed by atoms with E-state index in [1.54, 1.807) is 6.92 Å². The van der Waals surface area contributed by atoms with Gasteiger partial charge in [-0.1, -0.05) is 32.1 Å². The highest BCUT2D eigenvalue weighted by atomic mass is 16.4. The summed E-state index contributed by atoms with van der Waals surface area (Å²) in [4.78, 5) is 16.7. The fourth-order valence-corrected chi connectivity index (χ4v) is 5.16. The van der Waals surface area contributed by atoms with Gasteiger partial charge in [-0.25, -0.2) is 0 Å². The van der Waals surface area contributed by atoms with Gasteiger partial charge >= 0.3 is 5.97 Å². The third-order valence-electron chi connectivity index (χ3n) is 6.53. The summed E-state index contributed by atoms with van der Waals surface area (Å²) >= 11 is 0. The molecule has 8 heteroatoms. The van der Waals surface area contributed by atoms with Crippen molar-refractivity contribution in [1.29, 1.82) is 0 Å². The van der Waals surface area contributed by atoms with Crippen molar-refractivity contribution < 1.29 is 15.0 Å². The molecule has 2 fully saturated rings. The lowest BCUT2D eigenvalue weighted by Crippen LogP contribution is -2.63. The summed E-state index contributed by atoms with van der Waals surface area (Å²) in [6.45, 7) is 4.66. The Morgan fingerprint density at radius 3 is 2.41 bits per heavy atom. The van der Waals surface area contributed by atoms with Crippen molar-refractivity contribution in [3.05, 3.63) is 0 Å². The Morgan fingerprint density at radius 2 is 1.90 bits per heavy atom. The van der Waals surface area contributed by atoms with Crippen molar-refractivity contribution in [3.8, 4) is 0 Å². The van der Waals surface area contributed by atoms with E-state index in [2.05, 4.69) is 22.5 Å². The third-order valence-corrected chi connectivity index (χ3v) is 6.53. The molecular weight excluding hydrogens is 370 g/mol. The second-order valence-electron chi connectivity index (χ2n) is 9.27. The molecule has 0 bridgehead atoms. The van der Waals surface area contributed by atoms with E-state index in [1.165, 1.54) is 6.42 Å². The number of aliphatic hydroxyl groups excluding tert-OH is 1. The molecule has 1 aliphatic carbocycles. The number of carboxylic acids is 1. The summed E-state index contributed by atoms with van der Waals surface area (Å²) in [5, 5.41) is 27.0. The molecule has 1 saturated heterocycles. The maximum absolute atomic E-state index is 12.4. The first-order valence-corrected chi connectivity index (χ1v) is 11.2. The van der Waals surface area contributed by atoms with E-state index in [0.717, 1.165) is 51.5 Å². The van der Waals surface area contributed by atoms with Gasteiger partial charge in [0.15, 0.2) is 5.96 Å². The predicted molar refractivity (Wildman–Crippen MR) is 115 cm³/mol. The number of aliphatic carboxylic acids is 1. The second kappa shape index (κ2) is 11.1. The highest BCUT2D eigenvalue weighted by molar-refractivity contribution is 5.76. The number of carbonyl (C=O) groups is 1. The highest BCUT2D eigenvalue weighted by Crippen LogP contribution is 2.36. The number of nitrogens with zero attached hydrogens (tertiary/aromatic N) is 1. The number of nitrogens with one attached hydrogen (secondary N) is 2. The smallest absolute Gasteiger partial charge is 0.321 e. The van der Waals surface area contributed by atoms with Gasteiger partial charge in [-0.15, -0.1) is 0 Å². The summed E-state index contributed by atoms with van der Waals surface area (Å²) in [6, 6.07) is -0.970. The van der Waals surface area contributed by atoms with E-state index >= 15 is 0 Å². The molecule has 1 saturated carbocycles. The summed E-state index contributed by atoms with van der Waals surface area (Å²) in [6.07, 6.45) is 9.04. The minimum atomic E-state index is -0.824. The standard InChI is InChI=1S/C21H41N5O3/c1-14(27)12-16(25-20(22)23)13-17(15-8-4-3-5-9-15)18(19(28)29)26-21(2)10-6-7-11-24-21/h14-18,24,26-27H,3-13H2,1-2H3,(H,28,29)(H4,22,23,25)/t14?,16?,17?,18-,21?/m0/s1. The Morgan fingerprint density at radius 1 is 1.21 bits per heavy atom. The van der Waals surface area contributed by atoms with Gasteiger partial charge < -0.3 is 21.7 Å². The van der Waals surface area contributed by atoms with Crippen LogP contribution in [-0.4, -0.2) is 52.5 Å². The molecule has 5 atom stereocenters. The van der Waals surface area contributed by atoms with Gasteiger partial charge in [0.25, 0.3) is 0 Å². The summed E-state index contributed by atoms with van der Waals surface area (Å²) in [5.74, 6) is -0.621. The Kier molecular flexibility index (Phi) is 9.17. The minimum absolute atomic E-state index is 0.0150. The zero-order chi connectivity index (χ0) is 21.4. The van der Waals surface area contributed by atoms with Gasteiger partial charge in [-0.3, -0.25) is 20.4 Å². The average molecular weight is 412 g/mol. The first-order valence-electron chi connectivity index (χ1n) is 11.2. The number of aliphatic imine (C=N–C) groups is 1. The lowest BCUT2D eigenvalue weighted by molar-refractivity contribution is -0.143. The molecular formula is C21H41N5O3. The van der Waals surface area contributed by atoms with Gasteiger partial charge in [0.2, 0.25) is 0 Å². The monoisotopic (exact) mass is 411 g/mol. The van der Waals surface area contributed by atoms with E-state index in [-0.39, 0.29) is 23.6 Å². The SMILES string of the molecule is CC(O)CC(CC(C1CCCCC1)[C@H](NC1(C)CCCCN1)C(=O)O)N=C(N)N. The maximum Gasteiger partial charge on any atom is 0.321 e. The summed E-state index contributed by atoms with van der Waals surface area (Å²) < 4.78 is 0. The van der Waals surface area contributed by atoms with Gasteiger partial charge in [0.1, 0.15) is 6.04 Å². The van der Waals surface area contributed by atoms with Gasteiger partial charge in [-0.2, -0.15) is 0 Å². The number of aliphatic hydroxyl groups is 1. The first-order chi connectivity index (χ1) is 13.7. The molecule has 2 aliphatic rings. The molecule has 168 valence electrons. The molecule has 0 aromatic heterocycles. The van der Waals surface area contributed by atoms with Crippen LogP contribution in [0, 0.1) is 11.8 Å². The number of guanidine groups is 1. The molecule has 2 rings (SSSR count). The van der Waals surface area contributed by atoms with Crippen LogP contribution in [0.15, 0.2) is 4.99 Å². The van der Waals surface area contributed by atoms with Crippen molar-refractivity contribution in [2.75, 3.05) is 6.54 Å². The van der Waals surface area contributed by atoms with Crippen LogP contribution in [0.25, 0.3) is 0 Å². The van der Waals surface area contributed by atoms with Crippen LogP contribution in [0.4, 0.5) is 0 Å². The quantitative estimate of drug-likeness (QED) is 0.236. The van der Waals surface area contributed by atoms with E-state index in [9.17, 15) is 15.0 Å². The molecule has 0 aromatic rings.